The first-order chi connectivity index (χ1) is 12.0. The predicted molar refractivity (Wildman–Crippen MR) is 78.4 cm³/mol. The van der Waals surface area contributed by atoms with E-state index >= 15 is 0 Å². The van der Waals surface area contributed by atoms with E-state index in [-0.39, 0.29) is 0 Å². The van der Waals surface area contributed by atoms with Crippen molar-refractivity contribution in [3.63, 3.8) is 0 Å². The highest BCUT2D eigenvalue weighted by molar-refractivity contribution is 5.75. The van der Waals surface area contributed by atoms with E-state index in [9.17, 15) is 35.4 Å². The number of hydrogen-bond acceptors (Lipinski definition) is 11. The van der Waals surface area contributed by atoms with Crippen LogP contribution in [0.4, 0.5) is 0 Å². The van der Waals surface area contributed by atoms with Crippen LogP contribution in [0.15, 0.2) is 0 Å². The minimum atomic E-state index is -2.82. The summed E-state index contributed by atoms with van der Waals surface area (Å²) in [5.74, 6) is -4.64. The lowest BCUT2D eigenvalue weighted by atomic mass is 9.92. The van der Waals surface area contributed by atoms with Gasteiger partial charge in [0.1, 0.15) is 36.6 Å². The molecule has 2 aliphatic heterocycles. The van der Waals surface area contributed by atoms with Gasteiger partial charge < -0.3 is 55.1 Å². The smallest absolute Gasteiger partial charge is 0.364 e. The first-order valence-electron chi connectivity index (χ1n) is 7.97. The number of carboxylic acids is 1. The zero-order valence-electron chi connectivity index (χ0n) is 13.8. The molecule has 12 nitrogen and oxygen atoms in total. The molecule has 12 heteroatoms. The lowest BCUT2D eigenvalue weighted by molar-refractivity contribution is -0.358. The molecule has 2 fully saturated rings. The summed E-state index contributed by atoms with van der Waals surface area (Å²) in [7, 11) is 0. The van der Waals surface area contributed by atoms with Gasteiger partial charge in [0.15, 0.2) is 6.29 Å². The minimum absolute atomic E-state index is 0.828. The second-order valence-corrected chi connectivity index (χ2v) is 6.48. The van der Waals surface area contributed by atoms with Crippen LogP contribution in [0.3, 0.4) is 0 Å². The topological polar surface area (TPSA) is 207 Å². The van der Waals surface area contributed by atoms with Crippen LogP contribution in [0.5, 0.6) is 0 Å². The summed E-state index contributed by atoms with van der Waals surface area (Å²) in [6.07, 6.45) is -14.7. The van der Waals surface area contributed by atoms with E-state index < -0.39 is 79.9 Å². The Bertz CT molecular complexity index is 502. The number of ether oxygens (including phenoxy) is 3. The average molecular weight is 384 g/mol. The number of hydrogen-bond donors (Lipinski definition) is 8. The molecule has 10 atom stereocenters. The van der Waals surface area contributed by atoms with Crippen LogP contribution in [0, 0.1) is 0 Å². The number of rotatable bonds is 5. The van der Waals surface area contributed by atoms with Crippen molar-refractivity contribution < 1.29 is 59.9 Å². The molecule has 0 radical (unpaired) electrons. The Labute approximate surface area is 147 Å². The molecule has 0 saturated carbocycles. The zero-order chi connectivity index (χ0) is 19.8. The maximum absolute atomic E-state index is 11.2. The predicted octanol–water partition coefficient (Wildman–Crippen LogP) is -4.52. The first kappa shape index (κ1) is 21.4. The molecule has 2 aliphatic rings. The van der Waals surface area contributed by atoms with Gasteiger partial charge in [-0.1, -0.05) is 0 Å². The van der Waals surface area contributed by atoms with Gasteiger partial charge in [0, 0.05) is 6.42 Å². The van der Waals surface area contributed by atoms with E-state index in [1.54, 1.807) is 0 Å². The highest BCUT2D eigenvalue weighted by Gasteiger charge is 2.55. The van der Waals surface area contributed by atoms with Crippen molar-refractivity contribution in [2.75, 3.05) is 6.61 Å². The number of aliphatic hydroxyl groups excluding tert-OH is 6. The number of aliphatic carboxylic acids is 1. The Kier molecular flexibility index (Phi) is 6.56. The molecule has 0 aliphatic carbocycles. The third kappa shape index (κ3) is 3.99. The highest BCUT2D eigenvalue weighted by atomic mass is 16.7. The lowest BCUT2D eigenvalue weighted by Crippen LogP contribution is -2.65. The molecule has 1 unspecified atom stereocenters. The van der Waals surface area contributed by atoms with Crippen molar-refractivity contribution in [1.82, 2.24) is 0 Å². The summed E-state index contributed by atoms with van der Waals surface area (Å²) in [5.41, 5.74) is 0. The molecule has 0 aromatic carbocycles. The number of carboxylic acid groups (broad SMARTS) is 1. The fourth-order valence-electron chi connectivity index (χ4n) is 2.95. The Morgan fingerprint density at radius 1 is 1.23 bits per heavy atom. The Morgan fingerprint density at radius 2 is 1.85 bits per heavy atom. The van der Waals surface area contributed by atoms with Gasteiger partial charge in [0.2, 0.25) is 0 Å². The molecule has 152 valence electrons. The van der Waals surface area contributed by atoms with Crippen molar-refractivity contribution in [1.29, 1.82) is 0 Å². The maximum atomic E-state index is 11.2. The Hall–Kier alpha value is -0.930. The van der Waals surface area contributed by atoms with Crippen LogP contribution in [0.1, 0.15) is 13.3 Å². The number of aliphatic hydroxyl groups is 7. The van der Waals surface area contributed by atoms with Gasteiger partial charge >= 0.3 is 5.97 Å². The highest BCUT2D eigenvalue weighted by Crippen LogP contribution is 2.33. The fraction of sp³-hybridized carbons (Fsp3) is 0.929. The average Bonchev–Trinajstić information content (AvgIpc) is 2.58. The molecular formula is C14H24O12. The SMILES string of the molecule is C[C@@H]1O[C@@H](O[C@H]2[C@@H]([C@H](O)CO)OC(O)(C(=O)O)C[C@H]2O)[C@H](O)[C@H](O)[C@H]1O. The zero-order valence-corrected chi connectivity index (χ0v) is 13.8. The summed E-state index contributed by atoms with van der Waals surface area (Å²) in [6.45, 7) is 0.492. The van der Waals surface area contributed by atoms with E-state index in [1.807, 2.05) is 0 Å². The van der Waals surface area contributed by atoms with Crippen LogP contribution in [-0.2, 0) is 19.0 Å². The van der Waals surface area contributed by atoms with Gasteiger partial charge in [0.25, 0.3) is 5.79 Å². The standard InChI is InChI=1S/C14H24O12/c1-4-7(18)8(19)9(20)12(24-4)25-10-5(16)2-14(23,13(21)22)26-11(10)6(17)3-15/h4-12,15-20,23H,2-3H2,1H3,(H,21,22)/t4-,5+,6+,7-,8+,9+,10+,11+,12-,14?/m0/s1. The molecule has 2 rings (SSSR count). The molecule has 0 spiro atoms. The van der Waals surface area contributed by atoms with Crippen LogP contribution < -0.4 is 0 Å². The van der Waals surface area contributed by atoms with E-state index in [4.69, 9.17) is 24.4 Å². The molecule has 0 bridgehead atoms. The van der Waals surface area contributed by atoms with Crippen molar-refractivity contribution in [3.05, 3.63) is 0 Å². The normalized spacial score (nSPS) is 48.2. The maximum Gasteiger partial charge on any atom is 0.364 e. The van der Waals surface area contributed by atoms with Crippen molar-refractivity contribution in [2.24, 2.45) is 0 Å². The summed E-state index contributed by atoms with van der Waals surface area (Å²) in [6, 6.07) is 0. The van der Waals surface area contributed by atoms with Gasteiger partial charge in [-0.2, -0.15) is 0 Å². The second kappa shape index (κ2) is 7.98. The summed E-state index contributed by atoms with van der Waals surface area (Å²) in [4.78, 5) is 11.2. The van der Waals surface area contributed by atoms with E-state index in [2.05, 4.69) is 0 Å². The molecule has 0 aromatic rings. The molecule has 2 saturated heterocycles. The van der Waals surface area contributed by atoms with Gasteiger partial charge in [-0.3, -0.25) is 0 Å². The van der Waals surface area contributed by atoms with Crippen LogP contribution in [-0.4, -0.2) is 114 Å². The van der Waals surface area contributed by atoms with Crippen molar-refractivity contribution >= 4 is 5.97 Å². The largest absolute Gasteiger partial charge is 0.477 e. The molecule has 0 amide bonds. The third-order valence-electron chi connectivity index (χ3n) is 4.52. The monoisotopic (exact) mass is 384 g/mol. The van der Waals surface area contributed by atoms with Crippen LogP contribution in [0.2, 0.25) is 0 Å². The third-order valence-corrected chi connectivity index (χ3v) is 4.52. The fourth-order valence-corrected chi connectivity index (χ4v) is 2.95. The molecule has 26 heavy (non-hydrogen) atoms. The second-order valence-electron chi connectivity index (χ2n) is 6.48. The van der Waals surface area contributed by atoms with E-state index in [1.165, 1.54) is 6.92 Å². The first-order valence-corrected chi connectivity index (χ1v) is 7.97. The summed E-state index contributed by atoms with van der Waals surface area (Å²) < 4.78 is 15.5. The van der Waals surface area contributed by atoms with Gasteiger partial charge in [0.05, 0.1) is 18.8 Å². The molecule has 8 N–H and O–H groups in total. The molecule has 2 heterocycles. The van der Waals surface area contributed by atoms with Gasteiger partial charge in [-0.25, -0.2) is 4.79 Å². The van der Waals surface area contributed by atoms with Gasteiger partial charge in [-0.15, -0.1) is 0 Å². The summed E-state index contributed by atoms with van der Waals surface area (Å²) in [5, 5.41) is 77.6. The van der Waals surface area contributed by atoms with E-state index in [0.29, 0.717) is 0 Å². The minimum Gasteiger partial charge on any atom is -0.477 e. The van der Waals surface area contributed by atoms with E-state index in [0.717, 1.165) is 0 Å². The number of carbonyl (C=O) groups is 1. The quantitative estimate of drug-likeness (QED) is 0.226. The Morgan fingerprint density at radius 3 is 2.38 bits per heavy atom. The van der Waals surface area contributed by atoms with Crippen LogP contribution >= 0.6 is 0 Å². The lowest BCUT2D eigenvalue weighted by Gasteiger charge is -2.46. The molecular weight excluding hydrogens is 360 g/mol. The molecule has 0 aromatic heterocycles. The van der Waals surface area contributed by atoms with Crippen LogP contribution in [0.25, 0.3) is 0 Å². The Balaban J connectivity index is 2.21. The van der Waals surface area contributed by atoms with Crippen molar-refractivity contribution in [2.45, 2.75) is 74.3 Å². The summed E-state index contributed by atoms with van der Waals surface area (Å²) >= 11 is 0. The van der Waals surface area contributed by atoms with Gasteiger partial charge in [-0.05, 0) is 6.92 Å². The van der Waals surface area contributed by atoms with Crippen molar-refractivity contribution in [3.8, 4) is 0 Å².